The van der Waals surface area contributed by atoms with Crippen molar-refractivity contribution in [2.45, 2.75) is 43.8 Å². The van der Waals surface area contributed by atoms with Crippen molar-refractivity contribution in [3.8, 4) is 11.5 Å². The Morgan fingerprint density at radius 2 is 1.75 bits per heavy atom. The molecule has 1 unspecified atom stereocenters. The standard InChI is InChI=1S/C21H24ClN3O2S/c1-14(2)25-20(15(3)27-19-7-5-6-18(12-19)26-4)23-24-21(25)28-13-16-8-10-17(22)11-9-16/h5-12,14-15H,13H2,1-4H3. The molecule has 0 aliphatic carbocycles. The summed E-state index contributed by atoms with van der Waals surface area (Å²) >= 11 is 7.62. The average molecular weight is 418 g/mol. The van der Waals surface area contributed by atoms with Crippen LogP contribution < -0.4 is 9.47 Å². The van der Waals surface area contributed by atoms with Crippen molar-refractivity contribution in [3.63, 3.8) is 0 Å². The minimum absolute atomic E-state index is 0.217. The molecule has 0 saturated carbocycles. The van der Waals surface area contributed by atoms with Crippen LogP contribution in [0, 0.1) is 0 Å². The predicted octanol–water partition coefficient (Wildman–Crippen LogP) is 5.95. The maximum absolute atomic E-state index is 6.10. The van der Waals surface area contributed by atoms with E-state index in [4.69, 9.17) is 21.1 Å². The maximum atomic E-state index is 6.10. The number of hydrogen-bond acceptors (Lipinski definition) is 5. The lowest BCUT2D eigenvalue weighted by Gasteiger charge is -2.19. The molecule has 1 aromatic heterocycles. The van der Waals surface area contributed by atoms with E-state index in [1.54, 1.807) is 18.9 Å². The Labute approximate surface area is 175 Å². The summed E-state index contributed by atoms with van der Waals surface area (Å²) < 4.78 is 13.5. The number of methoxy groups -OCH3 is 1. The first-order valence-electron chi connectivity index (χ1n) is 9.10. The summed E-state index contributed by atoms with van der Waals surface area (Å²) in [5.74, 6) is 3.10. The summed E-state index contributed by atoms with van der Waals surface area (Å²) in [7, 11) is 1.64. The number of ether oxygens (including phenoxy) is 2. The zero-order chi connectivity index (χ0) is 20.1. The molecule has 1 atom stereocenters. The normalized spacial score (nSPS) is 12.2. The van der Waals surface area contributed by atoms with E-state index in [0.717, 1.165) is 33.3 Å². The van der Waals surface area contributed by atoms with Gasteiger partial charge in [-0.05, 0) is 50.6 Å². The fraction of sp³-hybridized carbons (Fsp3) is 0.333. The van der Waals surface area contributed by atoms with Crippen LogP contribution in [0.15, 0.2) is 53.7 Å². The Kier molecular flexibility index (Phi) is 6.86. The summed E-state index contributed by atoms with van der Waals surface area (Å²) in [6.07, 6.45) is -0.244. The number of aromatic nitrogens is 3. The van der Waals surface area contributed by atoms with E-state index in [9.17, 15) is 0 Å². The van der Waals surface area contributed by atoms with Gasteiger partial charge < -0.3 is 14.0 Å². The van der Waals surface area contributed by atoms with Crippen molar-refractivity contribution in [3.05, 3.63) is 64.9 Å². The highest BCUT2D eigenvalue weighted by Gasteiger charge is 2.21. The van der Waals surface area contributed by atoms with Crippen LogP contribution in [-0.4, -0.2) is 21.9 Å². The van der Waals surface area contributed by atoms with Crippen LogP contribution in [-0.2, 0) is 5.75 Å². The van der Waals surface area contributed by atoms with Gasteiger partial charge in [0.15, 0.2) is 17.1 Å². The van der Waals surface area contributed by atoms with Crippen molar-refractivity contribution in [1.82, 2.24) is 14.8 Å². The van der Waals surface area contributed by atoms with Gasteiger partial charge in [-0.25, -0.2) is 0 Å². The van der Waals surface area contributed by atoms with Gasteiger partial charge in [0.1, 0.15) is 11.5 Å². The third-order valence-electron chi connectivity index (χ3n) is 4.21. The number of hydrogen-bond donors (Lipinski definition) is 0. The molecule has 0 aliphatic heterocycles. The van der Waals surface area contributed by atoms with Crippen LogP contribution in [0.3, 0.4) is 0 Å². The molecule has 1 heterocycles. The molecule has 0 saturated heterocycles. The van der Waals surface area contributed by atoms with Gasteiger partial charge in [-0.3, -0.25) is 0 Å². The summed E-state index contributed by atoms with van der Waals surface area (Å²) in [6, 6.07) is 15.6. The molecule has 0 N–H and O–H groups in total. The number of nitrogens with zero attached hydrogens (tertiary/aromatic N) is 3. The van der Waals surface area contributed by atoms with E-state index >= 15 is 0 Å². The molecular formula is C21H24ClN3O2S. The summed E-state index contributed by atoms with van der Waals surface area (Å²) in [5.41, 5.74) is 1.19. The van der Waals surface area contributed by atoms with Gasteiger partial charge in [-0.2, -0.15) is 0 Å². The molecule has 5 nitrogen and oxygen atoms in total. The van der Waals surface area contributed by atoms with E-state index in [0.29, 0.717) is 0 Å². The zero-order valence-electron chi connectivity index (χ0n) is 16.4. The van der Waals surface area contributed by atoms with Crippen molar-refractivity contribution in [2.75, 3.05) is 7.11 Å². The Morgan fingerprint density at radius 1 is 1.04 bits per heavy atom. The Bertz CT molecular complexity index is 912. The molecule has 0 amide bonds. The maximum Gasteiger partial charge on any atom is 0.191 e. The summed E-state index contributed by atoms with van der Waals surface area (Å²) in [6.45, 7) is 6.23. The van der Waals surface area contributed by atoms with E-state index in [-0.39, 0.29) is 12.1 Å². The zero-order valence-corrected chi connectivity index (χ0v) is 18.0. The number of halogens is 1. The summed E-state index contributed by atoms with van der Waals surface area (Å²) in [5, 5.41) is 10.4. The fourth-order valence-corrected chi connectivity index (χ4v) is 3.97. The van der Waals surface area contributed by atoms with Gasteiger partial charge in [-0.15, -0.1) is 10.2 Å². The van der Waals surface area contributed by atoms with Gasteiger partial charge in [0, 0.05) is 22.9 Å². The molecule has 0 radical (unpaired) electrons. The van der Waals surface area contributed by atoms with E-state index in [1.165, 1.54) is 5.56 Å². The molecule has 0 bridgehead atoms. The largest absolute Gasteiger partial charge is 0.497 e. The lowest BCUT2D eigenvalue weighted by molar-refractivity contribution is 0.206. The molecule has 148 valence electrons. The Balaban J connectivity index is 1.76. The van der Waals surface area contributed by atoms with Crippen molar-refractivity contribution in [2.24, 2.45) is 0 Å². The van der Waals surface area contributed by atoms with Crippen molar-refractivity contribution < 1.29 is 9.47 Å². The van der Waals surface area contributed by atoms with Gasteiger partial charge >= 0.3 is 0 Å². The predicted molar refractivity (Wildman–Crippen MR) is 113 cm³/mol. The molecule has 7 heteroatoms. The monoisotopic (exact) mass is 417 g/mol. The number of rotatable bonds is 8. The lowest BCUT2D eigenvalue weighted by Crippen LogP contribution is -2.14. The van der Waals surface area contributed by atoms with Crippen LogP contribution in [0.4, 0.5) is 0 Å². The minimum atomic E-state index is -0.244. The molecule has 0 fully saturated rings. The second kappa shape index (κ2) is 9.34. The lowest BCUT2D eigenvalue weighted by atomic mass is 10.2. The number of thioether (sulfide) groups is 1. The number of benzene rings is 2. The van der Waals surface area contributed by atoms with E-state index in [2.05, 4.69) is 28.6 Å². The van der Waals surface area contributed by atoms with Crippen LogP contribution >= 0.6 is 23.4 Å². The SMILES string of the molecule is COc1cccc(OC(C)c2nnc(SCc3ccc(Cl)cc3)n2C(C)C)c1. The van der Waals surface area contributed by atoms with E-state index < -0.39 is 0 Å². The first-order chi connectivity index (χ1) is 13.5. The summed E-state index contributed by atoms with van der Waals surface area (Å²) in [4.78, 5) is 0. The molecular weight excluding hydrogens is 394 g/mol. The second-order valence-electron chi connectivity index (χ2n) is 6.66. The first-order valence-corrected chi connectivity index (χ1v) is 10.5. The molecule has 0 spiro atoms. The highest BCUT2D eigenvalue weighted by molar-refractivity contribution is 7.98. The van der Waals surface area contributed by atoms with Gasteiger partial charge in [0.05, 0.1) is 7.11 Å². The van der Waals surface area contributed by atoms with Crippen LogP contribution in [0.2, 0.25) is 5.02 Å². The van der Waals surface area contributed by atoms with Gasteiger partial charge in [0.2, 0.25) is 0 Å². The van der Waals surface area contributed by atoms with Crippen LogP contribution in [0.25, 0.3) is 0 Å². The van der Waals surface area contributed by atoms with Crippen molar-refractivity contribution in [1.29, 1.82) is 0 Å². The molecule has 0 aliphatic rings. The smallest absolute Gasteiger partial charge is 0.191 e. The second-order valence-corrected chi connectivity index (χ2v) is 8.04. The Morgan fingerprint density at radius 3 is 2.43 bits per heavy atom. The fourth-order valence-electron chi connectivity index (χ4n) is 2.81. The van der Waals surface area contributed by atoms with Gasteiger partial charge in [0.25, 0.3) is 0 Å². The highest BCUT2D eigenvalue weighted by Crippen LogP contribution is 2.30. The average Bonchev–Trinajstić information content (AvgIpc) is 3.12. The topological polar surface area (TPSA) is 49.2 Å². The molecule has 28 heavy (non-hydrogen) atoms. The van der Waals surface area contributed by atoms with Gasteiger partial charge in [-0.1, -0.05) is 41.6 Å². The van der Waals surface area contributed by atoms with E-state index in [1.807, 2.05) is 55.5 Å². The third kappa shape index (κ3) is 5.00. The molecule has 3 rings (SSSR count). The van der Waals surface area contributed by atoms with Crippen LogP contribution in [0.1, 0.15) is 44.3 Å². The molecule has 2 aromatic carbocycles. The Hall–Kier alpha value is -2.18. The highest BCUT2D eigenvalue weighted by atomic mass is 35.5. The quantitative estimate of drug-likeness (QED) is 0.423. The minimum Gasteiger partial charge on any atom is -0.497 e. The third-order valence-corrected chi connectivity index (χ3v) is 5.47. The van der Waals surface area contributed by atoms with Crippen molar-refractivity contribution >= 4 is 23.4 Å². The molecule has 3 aromatic rings. The van der Waals surface area contributed by atoms with Crippen LogP contribution in [0.5, 0.6) is 11.5 Å². The first kappa shape index (κ1) is 20.6.